The van der Waals surface area contributed by atoms with E-state index in [4.69, 9.17) is 5.11 Å². The highest BCUT2D eigenvalue weighted by atomic mass is 19.4. The van der Waals surface area contributed by atoms with Crippen LogP contribution in [0.3, 0.4) is 0 Å². The molecule has 0 saturated heterocycles. The number of aliphatic hydroxyl groups is 1. The summed E-state index contributed by atoms with van der Waals surface area (Å²) in [5.41, 5.74) is 0.109. The first kappa shape index (κ1) is 9.98. The molecule has 0 aliphatic heterocycles. The number of rotatable bonds is 2. The summed E-state index contributed by atoms with van der Waals surface area (Å²) in [6.45, 7) is -0.466. The fraction of sp³-hybridized carbons (Fsp3) is 0.375. The van der Waals surface area contributed by atoms with E-state index in [-0.39, 0.29) is 11.3 Å². The molecular formula is C8H8F3NO. The first-order valence-electron chi connectivity index (χ1n) is 3.63. The molecule has 0 amide bonds. The maximum atomic E-state index is 11.9. The summed E-state index contributed by atoms with van der Waals surface area (Å²) >= 11 is 0. The number of nitrogens with zero attached hydrogens (tertiary/aromatic N) is 1. The molecular weight excluding hydrogens is 183 g/mol. The first-order valence-corrected chi connectivity index (χ1v) is 3.63. The van der Waals surface area contributed by atoms with Gasteiger partial charge >= 0.3 is 6.18 Å². The average molecular weight is 191 g/mol. The third kappa shape index (κ3) is 3.02. The monoisotopic (exact) mass is 191 g/mol. The maximum Gasteiger partial charge on any atom is 0.393 e. The van der Waals surface area contributed by atoms with Crippen molar-refractivity contribution in [1.29, 1.82) is 0 Å². The van der Waals surface area contributed by atoms with Crippen molar-refractivity contribution in [2.24, 2.45) is 0 Å². The van der Waals surface area contributed by atoms with Gasteiger partial charge in [-0.05, 0) is 11.6 Å². The number of aromatic nitrogens is 1. The van der Waals surface area contributed by atoms with Crippen molar-refractivity contribution in [3.63, 3.8) is 0 Å². The molecule has 1 rings (SSSR count). The van der Waals surface area contributed by atoms with E-state index < -0.39 is 19.2 Å². The van der Waals surface area contributed by atoms with E-state index in [1.807, 2.05) is 0 Å². The van der Waals surface area contributed by atoms with Crippen molar-refractivity contribution in [3.8, 4) is 0 Å². The van der Waals surface area contributed by atoms with Crippen LogP contribution >= 0.6 is 0 Å². The Kier molecular flexibility index (Phi) is 2.87. The van der Waals surface area contributed by atoms with Crippen molar-refractivity contribution in [2.45, 2.75) is 19.2 Å². The summed E-state index contributed by atoms with van der Waals surface area (Å²) in [5, 5.41) is 8.69. The lowest BCUT2D eigenvalue weighted by atomic mass is 10.1. The van der Waals surface area contributed by atoms with Crippen LogP contribution in [-0.2, 0) is 13.0 Å². The quantitative estimate of drug-likeness (QED) is 0.771. The zero-order valence-corrected chi connectivity index (χ0v) is 6.67. The smallest absolute Gasteiger partial charge is 0.390 e. The molecule has 0 aliphatic rings. The molecule has 0 fully saturated rings. The Labute approximate surface area is 73.0 Å². The van der Waals surface area contributed by atoms with Gasteiger partial charge in [0.15, 0.2) is 0 Å². The van der Waals surface area contributed by atoms with Crippen molar-refractivity contribution in [2.75, 3.05) is 0 Å². The lowest BCUT2D eigenvalue weighted by Gasteiger charge is -2.08. The van der Waals surface area contributed by atoms with E-state index >= 15 is 0 Å². The van der Waals surface area contributed by atoms with Crippen LogP contribution in [0.2, 0.25) is 0 Å². The van der Waals surface area contributed by atoms with Crippen LogP contribution in [0.1, 0.15) is 11.3 Å². The fourth-order valence-corrected chi connectivity index (χ4v) is 0.991. The van der Waals surface area contributed by atoms with Gasteiger partial charge in [-0.3, -0.25) is 4.98 Å². The molecule has 2 nitrogen and oxygen atoms in total. The Balaban J connectivity index is 2.87. The highest BCUT2D eigenvalue weighted by Gasteiger charge is 2.28. The lowest BCUT2D eigenvalue weighted by molar-refractivity contribution is -0.127. The standard InChI is InChI=1S/C8H8F3NO/c9-8(10,11)4-6-2-1-3-12-7(6)5-13/h1-3,13H,4-5H2. The third-order valence-corrected chi connectivity index (χ3v) is 1.53. The SMILES string of the molecule is OCc1ncccc1CC(F)(F)F. The van der Waals surface area contributed by atoms with Gasteiger partial charge in [0.05, 0.1) is 18.7 Å². The van der Waals surface area contributed by atoms with Crippen LogP contribution in [0.5, 0.6) is 0 Å². The van der Waals surface area contributed by atoms with Crippen LogP contribution in [0, 0.1) is 0 Å². The molecule has 5 heteroatoms. The second kappa shape index (κ2) is 3.74. The van der Waals surface area contributed by atoms with E-state index in [1.165, 1.54) is 18.3 Å². The van der Waals surface area contributed by atoms with Crippen molar-refractivity contribution in [3.05, 3.63) is 29.6 Å². The van der Waals surface area contributed by atoms with E-state index in [0.29, 0.717) is 0 Å². The van der Waals surface area contributed by atoms with E-state index in [9.17, 15) is 13.2 Å². The van der Waals surface area contributed by atoms with Crippen LogP contribution in [0.25, 0.3) is 0 Å². The summed E-state index contributed by atoms with van der Waals surface area (Å²) < 4.78 is 35.8. The predicted octanol–water partition coefficient (Wildman–Crippen LogP) is 1.68. The van der Waals surface area contributed by atoms with Gasteiger partial charge in [0, 0.05) is 6.20 Å². The molecule has 72 valence electrons. The minimum atomic E-state index is -4.26. The summed E-state index contributed by atoms with van der Waals surface area (Å²) in [4.78, 5) is 3.63. The fourth-order valence-electron chi connectivity index (χ4n) is 0.991. The number of pyridine rings is 1. The van der Waals surface area contributed by atoms with Gasteiger partial charge in [0.2, 0.25) is 0 Å². The Morgan fingerprint density at radius 1 is 1.38 bits per heavy atom. The third-order valence-electron chi connectivity index (χ3n) is 1.53. The zero-order chi connectivity index (χ0) is 9.90. The maximum absolute atomic E-state index is 11.9. The normalized spacial score (nSPS) is 11.7. The molecule has 0 unspecified atom stereocenters. The van der Waals surface area contributed by atoms with E-state index in [2.05, 4.69) is 4.98 Å². The van der Waals surface area contributed by atoms with Gasteiger partial charge < -0.3 is 5.11 Å². The van der Waals surface area contributed by atoms with Crippen LogP contribution in [0.15, 0.2) is 18.3 Å². The number of alkyl halides is 3. The molecule has 13 heavy (non-hydrogen) atoms. The molecule has 1 N–H and O–H groups in total. The van der Waals surface area contributed by atoms with Gasteiger partial charge in [0.1, 0.15) is 0 Å². The molecule has 1 aromatic heterocycles. The molecule has 1 aromatic rings. The van der Waals surface area contributed by atoms with Crippen LogP contribution in [-0.4, -0.2) is 16.3 Å². The molecule has 0 saturated carbocycles. The highest BCUT2D eigenvalue weighted by Crippen LogP contribution is 2.22. The molecule has 0 atom stereocenters. The minimum absolute atomic E-state index is 0.0255. The predicted molar refractivity (Wildman–Crippen MR) is 39.9 cm³/mol. The molecule has 0 aliphatic carbocycles. The first-order chi connectivity index (χ1) is 6.03. The Bertz CT molecular complexity index is 285. The molecule has 0 radical (unpaired) electrons. The number of aliphatic hydroxyl groups excluding tert-OH is 1. The van der Waals surface area contributed by atoms with E-state index in [0.717, 1.165) is 0 Å². The van der Waals surface area contributed by atoms with Crippen molar-refractivity contribution in [1.82, 2.24) is 4.98 Å². The average Bonchev–Trinajstić information content (AvgIpc) is 2.02. The Hall–Kier alpha value is -1.10. The van der Waals surface area contributed by atoms with Crippen molar-refractivity contribution >= 4 is 0 Å². The zero-order valence-electron chi connectivity index (χ0n) is 6.67. The van der Waals surface area contributed by atoms with Gasteiger partial charge in [-0.1, -0.05) is 6.07 Å². The van der Waals surface area contributed by atoms with Gasteiger partial charge in [0.25, 0.3) is 0 Å². The van der Waals surface area contributed by atoms with Crippen molar-refractivity contribution < 1.29 is 18.3 Å². The van der Waals surface area contributed by atoms with E-state index in [1.54, 1.807) is 0 Å². The van der Waals surface area contributed by atoms with Crippen LogP contribution < -0.4 is 0 Å². The number of hydrogen-bond acceptors (Lipinski definition) is 2. The van der Waals surface area contributed by atoms with Crippen LogP contribution in [0.4, 0.5) is 13.2 Å². The number of halogens is 3. The van der Waals surface area contributed by atoms with Gasteiger partial charge in [-0.15, -0.1) is 0 Å². The lowest BCUT2D eigenvalue weighted by Crippen LogP contribution is -2.13. The number of hydrogen-bond donors (Lipinski definition) is 1. The summed E-state index contributed by atoms with van der Waals surface area (Å²) in [6, 6.07) is 2.73. The molecule has 1 heterocycles. The molecule has 0 spiro atoms. The molecule has 0 aromatic carbocycles. The largest absolute Gasteiger partial charge is 0.393 e. The highest BCUT2D eigenvalue weighted by molar-refractivity contribution is 5.19. The summed E-state index contributed by atoms with van der Waals surface area (Å²) in [5.74, 6) is 0. The van der Waals surface area contributed by atoms with Gasteiger partial charge in [-0.2, -0.15) is 13.2 Å². The Morgan fingerprint density at radius 2 is 2.08 bits per heavy atom. The second-order valence-corrected chi connectivity index (χ2v) is 2.56. The molecule has 0 bridgehead atoms. The second-order valence-electron chi connectivity index (χ2n) is 2.56. The summed E-state index contributed by atoms with van der Waals surface area (Å²) in [7, 11) is 0. The summed E-state index contributed by atoms with van der Waals surface area (Å²) in [6.07, 6.45) is -3.95. The topological polar surface area (TPSA) is 33.1 Å². The minimum Gasteiger partial charge on any atom is -0.390 e. The van der Waals surface area contributed by atoms with Gasteiger partial charge in [-0.25, -0.2) is 0 Å². The Morgan fingerprint density at radius 3 is 2.62 bits per heavy atom.